The molecule has 9 heteroatoms. The van der Waals surface area contributed by atoms with Gasteiger partial charge in [0.15, 0.2) is 5.82 Å². The monoisotopic (exact) mass is 458 g/mol. The lowest BCUT2D eigenvalue weighted by Crippen LogP contribution is -2.26. The second kappa shape index (κ2) is 9.17. The Morgan fingerprint density at radius 2 is 1.85 bits per heavy atom. The summed E-state index contributed by atoms with van der Waals surface area (Å²) in [6, 6.07) is 13.8. The van der Waals surface area contributed by atoms with Crippen LogP contribution in [0.3, 0.4) is 0 Å². The summed E-state index contributed by atoms with van der Waals surface area (Å²) in [6.07, 6.45) is 9.11. The number of carbonyl (C=O) groups is 1. The van der Waals surface area contributed by atoms with E-state index in [1.807, 2.05) is 29.6 Å². The van der Waals surface area contributed by atoms with Crippen LogP contribution in [0.4, 0.5) is 4.39 Å². The molecule has 0 aliphatic carbocycles. The summed E-state index contributed by atoms with van der Waals surface area (Å²) in [4.78, 5) is 21.7. The second-order valence-electron chi connectivity index (χ2n) is 7.20. The van der Waals surface area contributed by atoms with E-state index < -0.39 is 5.82 Å². The molecule has 0 radical (unpaired) electrons. The number of pyridine rings is 1. The van der Waals surface area contributed by atoms with Gasteiger partial charge in [-0.1, -0.05) is 12.1 Å². The van der Waals surface area contributed by atoms with Gasteiger partial charge in [0.1, 0.15) is 17.1 Å². The lowest BCUT2D eigenvalue weighted by Gasteiger charge is -2.11. The first-order valence-corrected chi connectivity index (χ1v) is 11.2. The fraction of sp³-hybridized carbons (Fsp3) is 0.0833. The van der Waals surface area contributed by atoms with Gasteiger partial charge in [-0.25, -0.2) is 14.1 Å². The predicted octanol–water partition coefficient (Wildman–Crippen LogP) is 4.29. The molecule has 7 nitrogen and oxygen atoms in total. The molecule has 1 amide bonds. The maximum Gasteiger partial charge on any atom is 0.256 e. The van der Waals surface area contributed by atoms with Crippen molar-refractivity contribution in [3.05, 3.63) is 101 Å². The van der Waals surface area contributed by atoms with Crippen LogP contribution in [0.25, 0.3) is 22.8 Å². The number of thiazole rings is 1. The molecule has 0 saturated heterocycles. The zero-order valence-electron chi connectivity index (χ0n) is 17.4. The van der Waals surface area contributed by atoms with Crippen LogP contribution in [0.5, 0.6) is 0 Å². The van der Waals surface area contributed by atoms with Crippen molar-refractivity contribution in [2.45, 2.75) is 6.42 Å². The highest BCUT2D eigenvalue weighted by Gasteiger charge is 2.21. The summed E-state index contributed by atoms with van der Waals surface area (Å²) in [5.74, 6) is -0.237. The number of amides is 1. The highest BCUT2D eigenvalue weighted by molar-refractivity contribution is 7.09. The van der Waals surface area contributed by atoms with Gasteiger partial charge < -0.3 is 9.88 Å². The molecule has 1 aromatic carbocycles. The zero-order chi connectivity index (χ0) is 22.6. The number of nitrogens with one attached hydrogen (secondary N) is 1. The third kappa shape index (κ3) is 4.31. The standard InChI is InChI=1S/C24H19FN6OS/c25-19-5-1-2-6-21(19)31-24(30-13-3-4-14-30)18(15-28-31)23(32)27-12-9-22-29-20(16-33-22)17-7-10-26-11-8-17/h1-8,10-11,13-16H,9,12H2,(H,27,32). The lowest BCUT2D eigenvalue weighted by molar-refractivity contribution is 0.0954. The number of rotatable bonds is 7. The first-order chi connectivity index (χ1) is 16.2. The highest BCUT2D eigenvalue weighted by Crippen LogP contribution is 2.23. The van der Waals surface area contributed by atoms with Crippen molar-refractivity contribution >= 4 is 17.2 Å². The Bertz CT molecular complexity index is 1380. The third-order valence-corrected chi connectivity index (χ3v) is 5.98. The van der Waals surface area contributed by atoms with Crippen LogP contribution in [0.2, 0.25) is 0 Å². The number of para-hydroxylation sites is 1. The van der Waals surface area contributed by atoms with E-state index in [9.17, 15) is 9.18 Å². The molecule has 1 N–H and O–H groups in total. The van der Waals surface area contributed by atoms with Crippen molar-refractivity contribution in [2.24, 2.45) is 0 Å². The van der Waals surface area contributed by atoms with E-state index in [1.54, 1.807) is 58.9 Å². The van der Waals surface area contributed by atoms with E-state index in [2.05, 4.69) is 20.4 Å². The summed E-state index contributed by atoms with van der Waals surface area (Å²) >= 11 is 1.55. The lowest BCUT2D eigenvalue weighted by atomic mass is 10.2. The van der Waals surface area contributed by atoms with Crippen molar-refractivity contribution in [1.29, 1.82) is 0 Å². The molecule has 4 aromatic heterocycles. The molecule has 5 aromatic rings. The average Bonchev–Trinajstić information content (AvgIpc) is 3.60. The highest BCUT2D eigenvalue weighted by atomic mass is 32.1. The van der Waals surface area contributed by atoms with Crippen LogP contribution in [-0.4, -0.2) is 36.8 Å². The van der Waals surface area contributed by atoms with Crippen molar-refractivity contribution < 1.29 is 9.18 Å². The zero-order valence-corrected chi connectivity index (χ0v) is 18.2. The number of benzene rings is 1. The Morgan fingerprint density at radius 1 is 1.06 bits per heavy atom. The number of carbonyl (C=O) groups excluding carboxylic acids is 1. The van der Waals surface area contributed by atoms with Gasteiger partial charge in [0.25, 0.3) is 5.91 Å². The molecule has 0 fully saturated rings. The van der Waals surface area contributed by atoms with E-state index >= 15 is 0 Å². The molecule has 4 heterocycles. The molecule has 33 heavy (non-hydrogen) atoms. The predicted molar refractivity (Wildman–Crippen MR) is 124 cm³/mol. The Morgan fingerprint density at radius 3 is 2.64 bits per heavy atom. The van der Waals surface area contributed by atoms with Gasteiger partial charge in [0, 0.05) is 48.7 Å². The van der Waals surface area contributed by atoms with Crippen LogP contribution < -0.4 is 5.32 Å². The summed E-state index contributed by atoms with van der Waals surface area (Å²) in [7, 11) is 0. The molecule has 0 unspecified atom stereocenters. The molecular weight excluding hydrogens is 439 g/mol. The van der Waals surface area contributed by atoms with Crippen molar-refractivity contribution in [3.8, 4) is 22.8 Å². The van der Waals surface area contributed by atoms with Crippen LogP contribution in [0.15, 0.2) is 84.9 Å². The molecule has 0 spiro atoms. The van der Waals surface area contributed by atoms with Crippen LogP contribution in [0.1, 0.15) is 15.4 Å². The van der Waals surface area contributed by atoms with Gasteiger partial charge in [0.05, 0.1) is 16.9 Å². The number of hydrogen-bond donors (Lipinski definition) is 1. The van der Waals surface area contributed by atoms with Crippen LogP contribution >= 0.6 is 11.3 Å². The topological polar surface area (TPSA) is 77.6 Å². The maximum absolute atomic E-state index is 14.4. The van der Waals surface area contributed by atoms with Gasteiger partial charge in [-0.15, -0.1) is 11.3 Å². The summed E-state index contributed by atoms with van der Waals surface area (Å²) in [5.41, 5.74) is 2.52. The second-order valence-corrected chi connectivity index (χ2v) is 8.15. The number of halogens is 1. The normalized spacial score (nSPS) is 10.9. The van der Waals surface area contributed by atoms with E-state index in [-0.39, 0.29) is 11.6 Å². The minimum atomic E-state index is -0.422. The molecule has 0 saturated carbocycles. The number of aromatic nitrogens is 5. The van der Waals surface area contributed by atoms with E-state index in [4.69, 9.17) is 0 Å². The van der Waals surface area contributed by atoms with Gasteiger partial charge in [0.2, 0.25) is 0 Å². The summed E-state index contributed by atoms with van der Waals surface area (Å²) in [5, 5.41) is 10.2. The van der Waals surface area contributed by atoms with Crippen molar-refractivity contribution in [3.63, 3.8) is 0 Å². The largest absolute Gasteiger partial charge is 0.351 e. The molecular formula is C24H19FN6OS. The Balaban J connectivity index is 1.33. The fourth-order valence-corrected chi connectivity index (χ4v) is 4.29. The van der Waals surface area contributed by atoms with E-state index in [1.165, 1.54) is 16.9 Å². The molecule has 0 aliphatic rings. The minimum absolute atomic E-state index is 0.270. The van der Waals surface area contributed by atoms with Crippen molar-refractivity contribution in [1.82, 2.24) is 29.6 Å². The fourth-order valence-electron chi connectivity index (χ4n) is 3.49. The van der Waals surface area contributed by atoms with Crippen LogP contribution in [0, 0.1) is 5.82 Å². The quantitative estimate of drug-likeness (QED) is 0.395. The molecule has 0 aliphatic heterocycles. The molecule has 5 rings (SSSR count). The Hall–Kier alpha value is -4.11. The SMILES string of the molecule is O=C(NCCc1nc(-c2ccncc2)cs1)c1cnn(-c2ccccc2F)c1-n1cccc1. The molecule has 164 valence electrons. The molecule has 0 atom stereocenters. The average molecular weight is 459 g/mol. The smallest absolute Gasteiger partial charge is 0.256 e. The first-order valence-electron chi connectivity index (χ1n) is 10.3. The molecule has 0 bridgehead atoms. The van der Waals surface area contributed by atoms with E-state index in [0.29, 0.717) is 24.3 Å². The maximum atomic E-state index is 14.4. The van der Waals surface area contributed by atoms with Crippen molar-refractivity contribution in [2.75, 3.05) is 6.54 Å². The van der Waals surface area contributed by atoms with Gasteiger partial charge in [-0.05, 0) is 36.4 Å². The van der Waals surface area contributed by atoms with Gasteiger partial charge >= 0.3 is 0 Å². The summed E-state index contributed by atoms with van der Waals surface area (Å²) < 4.78 is 17.6. The summed E-state index contributed by atoms with van der Waals surface area (Å²) in [6.45, 7) is 0.415. The first kappa shape index (κ1) is 20.8. The minimum Gasteiger partial charge on any atom is -0.351 e. The van der Waals surface area contributed by atoms with E-state index in [0.717, 1.165) is 16.3 Å². The van der Waals surface area contributed by atoms with Gasteiger partial charge in [-0.2, -0.15) is 5.10 Å². The number of hydrogen-bond acceptors (Lipinski definition) is 5. The number of nitrogens with zero attached hydrogens (tertiary/aromatic N) is 5. The Kier molecular flexibility index (Phi) is 5.77. The van der Waals surface area contributed by atoms with Crippen LogP contribution in [-0.2, 0) is 6.42 Å². The van der Waals surface area contributed by atoms with Gasteiger partial charge in [-0.3, -0.25) is 9.78 Å². The Labute approximate surface area is 193 Å². The third-order valence-electron chi connectivity index (χ3n) is 5.07.